The van der Waals surface area contributed by atoms with Crippen LogP contribution in [0.25, 0.3) is 16.9 Å². The maximum absolute atomic E-state index is 6.01. The van der Waals surface area contributed by atoms with Crippen molar-refractivity contribution < 1.29 is 0 Å². The number of anilines is 3. The predicted molar refractivity (Wildman–Crippen MR) is 115 cm³/mol. The van der Waals surface area contributed by atoms with Crippen molar-refractivity contribution in [2.45, 2.75) is 37.8 Å². The fourth-order valence-corrected chi connectivity index (χ4v) is 3.70. The molecule has 5 rings (SSSR count). The number of rotatable bonds is 5. The molecular weight excluding hydrogens is 378 g/mol. The number of aromatic nitrogens is 6. The summed E-state index contributed by atoms with van der Waals surface area (Å²) in [4.78, 5) is 17.5. The molecule has 1 aliphatic carbocycles. The lowest BCUT2D eigenvalue weighted by Gasteiger charge is -2.27. The molecule has 0 bridgehead atoms. The molecule has 0 spiro atoms. The van der Waals surface area contributed by atoms with Gasteiger partial charge in [-0.25, -0.2) is 24.5 Å². The molecule has 0 unspecified atom stereocenters. The molecule has 0 aromatic carbocycles. The summed E-state index contributed by atoms with van der Waals surface area (Å²) in [5, 5.41) is 11.4. The highest BCUT2D eigenvalue weighted by molar-refractivity contribution is 5.63. The van der Waals surface area contributed by atoms with Crippen LogP contribution < -0.4 is 16.4 Å². The number of hydrogen-bond acceptors (Lipinski definition) is 8. The first-order valence-corrected chi connectivity index (χ1v) is 10.1. The van der Waals surface area contributed by atoms with Crippen molar-refractivity contribution in [3.05, 3.63) is 55.1 Å². The molecule has 1 aliphatic rings. The zero-order valence-electron chi connectivity index (χ0n) is 16.4. The Kier molecular flexibility index (Phi) is 4.94. The lowest BCUT2D eigenvalue weighted by molar-refractivity contribution is 0.410. The first-order valence-electron chi connectivity index (χ1n) is 10.1. The third-order valence-corrected chi connectivity index (χ3v) is 5.34. The average Bonchev–Trinajstić information content (AvgIpc) is 3.20. The zero-order chi connectivity index (χ0) is 20.3. The molecule has 0 radical (unpaired) electrons. The van der Waals surface area contributed by atoms with E-state index in [9.17, 15) is 0 Å². The highest BCUT2D eigenvalue weighted by Crippen LogP contribution is 2.23. The largest absolute Gasteiger partial charge is 0.366 e. The Morgan fingerprint density at radius 2 is 1.70 bits per heavy atom. The van der Waals surface area contributed by atoms with Crippen molar-refractivity contribution in [1.29, 1.82) is 0 Å². The molecule has 4 aromatic heterocycles. The van der Waals surface area contributed by atoms with Crippen molar-refractivity contribution in [1.82, 2.24) is 29.5 Å². The Bertz CT molecular complexity index is 1120. The zero-order valence-corrected chi connectivity index (χ0v) is 16.4. The van der Waals surface area contributed by atoms with Gasteiger partial charge < -0.3 is 16.4 Å². The van der Waals surface area contributed by atoms with Crippen molar-refractivity contribution in [3.63, 3.8) is 0 Å². The van der Waals surface area contributed by atoms with Gasteiger partial charge in [0.05, 0.1) is 11.9 Å². The van der Waals surface area contributed by atoms with Crippen LogP contribution in [0.3, 0.4) is 0 Å². The van der Waals surface area contributed by atoms with Gasteiger partial charge in [-0.3, -0.25) is 0 Å². The van der Waals surface area contributed by atoms with Gasteiger partial charge in [0.1, 0.15) is 11.6 Å². The van der Waals surface area contributed by atoms with Gasteiger partial charge in [0, 0.05) is 36.2 Å². The Morgan fingerprint density at radius 1 is 0.867 bits per heavy atom. The maximum atomic E-state index is 6.01. The minimum Gasteiger partial charge on any atom is -0.366 e. The Hall–Kier alpha value is -3.59. The summed E-state index contributed by atoms with van der Waals surface area (Å²) < 4.78 is 1.82. The lowest BCUT2D eigenvalue weighted by Crippen LogP contribution is -2.33. The standard InChI is InChI=1S/C21H23N9/c22-15-4-6-16(7-5-15)27-19-8-9-20-24-13-17(30(20)29-19)14-11-25-21(26-12-14)28-18-3-1-2-10-23-18/h1-3,8-13,15-16H,4-7,22H2,(H,27,29)(H,23,25,26,28)/t15-,16-. The Labute approximate surface area is 173 Å². The highest BCUT2D eigenvalue weighted by Gasteiger charge is 2.19. The van der Waals surface area contributed by atoms with E-state index < -0.39 is 0 Å². The fraction of sp³-hybridized carbons (Fsp3) is 0.286. The summed E-state index contributed by atoms with van der Waals surface area (Å²) >= 11 is 0. The van der Waals surface area contributed by atoms with E-state index in [4.69, 9.17) is 10.8 Å². The summed E-state index contributed by atoms with van der Waals surface area (Å²) in [5.74, 6) is 2.01. The van der Waals surface area contributed by atoms with E-state index in [2.05, 4.69) is 30.6 Å². The molecule has 4 heterocycles. The van der Waals surface area contributed by atoms with Crippen LogP contribution in [-0.4, -0.2) is 41.6 Å². The van der Waals surface area contributed by atoms with Crippen molar-refractivity contribution in [2.75, 3.05) is 10.6 Å². The molecular formula is C21H23N9. The SMILES string of the molecule is N[C@H]1CC[C@H](Nc2ccc3ncc(-c4cnc(Nc5ccccn5)nc4)n3n2)CC1. The van der Waals surface area contributed by atoms with E-state index in [-0.39, 0.29) is 0 Å². The van der Waals surface area contributed by atoms with E-state index in [1.807, 2.05) is 34.8 Å². The van der Waals surface area contributed by atoms with E-state index in [1.165, 1.54) is 0 Å². The van der Waals surface area contributed by atoms with E-state index in [1.54, 1.807) is 24.8 Å². The summed E-state index contributed by atoms with van der Waals surface area (Å²) in [6.07, 6.45) is 11.2. The monoisotopic (exact) mass is 401 g/mol. The lowest BCUT2D eigenvalue weighted by atomic mass is 9.92. The first kappa shape index (κ1) is 18.4. The minimum absolute atomic E-state index is 0.328. The molecule has 0 amide bonds. The molecule has 9 nitrogen and oxygen atoms in total. The van der Waals surface area contributed by atoms with Crippen LogP contribution in [0.15, 0.2) is 55.1 Å². The number of nitrogens with zero attached hydrogens (tertiary/aromatic N) is 6. The minimum atomic E-state index is 0.328. The van der Waals surface area contributed by atoms with Gasteiger partial charge in [-0.2, -0.15) is 0 Å². The number of nitrogens with two attached hydrogens (primary N) is 1. The molecule has 4 aromatic rings. The number of nitrogens with one attached hydrogen (secondary N) is 2. The summed E-state index contributed by atoms with van der Waals surface area (Å²) in [7, 11) is 0. The van der Waals surface area contributed by atoms with E-state index in [0.717, 1.165) is 48.4 Å². The van der Waals surface area contributed by atoms with Crippen LogP contribution in [0.5, 0.6) is 0 Å². The van der Waals surface area contributed by atoms with Crippen LogP contribution in [0.1, 0.15) is 25.7 Å². The van der Waals surface area contributed by atoms with Crippen molar-refractivity contribution in [3.8, 4) is 11.3 Å². The summed E-state index contributed by atoms with van der Waals surface area (Å²) in [6.45, 7) is 0. The second kappa shape index (κ2) is 8.03. The van der Waals surface area contributed by atoms with Gasteiger partial charge >= 0.3 is 0 Å². The van der Waals surface area contributed by atoms with Crippen LogP contribution in [-0.2, 0) is 0 Å². The normalized spacial score (nSPS) is 19.0. The maximum Gasteiger partial charge on any atom is 0.228 e. The van der Waals surface area contributed by atoms with Crippen molar-refractivity contribution in [2.24, 2.45) is 5.73 Å². The topological polar surface area (TPSA) is 119 Å². The molecule has 4 N–H and O–H groups in total. The average molecular weight is 401 g/mol. The summed E-state index contributed by atoms with van der Waals surface area (Å²) in [6, 6.07) is 10.3. The molecule has 9 heteroatoms. The Balaban J connectivity index is 1.36. The van der Waals surface area contributed by atoms with E-state index in [0.29, 0.717) is 23.8 Å². The van der Waals surface area contributed by atoms with Crippen LogP contribution in [0.4, 0.5) is 17.6 Å². The third-order valence-electron chi connectivity index (χ3n) is 5.34. The molecule has 30 heavy (non-hydrogen) atoms. The molecule has 1 saturated carbocycles. The molecule has 0 atom stereocenters. The second-order valence-corrected chi connectivity index (χ2v) is 7.52. The van der Waals surface area contributed by atoms with Gasteiger partial charge in [-0.05, 0) is 49.9 Å². The molecule has 0 aliphatic heterocycles. The molecule has 0 saturated heterocycles. The first-order chi connectivity index (χ1) is 14.7. The quantitative estimate of drug-likeness (QED) is 0.467. The van der Waals surface area contributed by atoms with Gasteiger partial charge in [0.15, 0.2) is 5.65 Å². The smallest absolute Gasteiger partial charge is 0.228 e. The third kappa shape index (κ3) is 3.92. The van der Waals surface area contributed by atoms with E-state index >= 15 is 0 Å². The van der Waals surface area contributed by atoms with Crippen LogP contribution in [0, 0.1) is 0 Å². The highest BCUT2D eigenvalue weighted by atomic mass is 15.3. The van der Waals surface area contributed by atoms with Crippen molar-refractivity contribution >= 4 is 23.2 Å². The van der Waals surface area contributed by atoms with Gasteiger partial charge in [-0.1, -0.05) is 6.07 Å². The Morgan fingerprint density at radius 3 is 2.47 bits per heavy atom. The number of hydrogen-bond donors (Lipinski definition) is 3. The predicted octanol–water partition coefficient (Wildman–Crippen LogP) is 3.01. The fourth-order valence-electron chi connectivity index (χ4n) is 3.70. The molecule has 152 valence electrons. The van der Waals surface area contributed by atoms with Crippen LogP contribution in [0.2, 0.25) is 0 Å². The number of imidazole rings is 1. The summed E-state index contributed by atoms with van der Waals surface area (Å²) in [5.41, 5.74) is 8.46. The van der Waals surface area contributed by atoms with Gasteiger partial charge in [0.2, 0.25) is 5.95 Å². The number of pyridine rings is 1. The molecule has 1 fully saturated rings. The second-order valence-electron chi connectivity index (χ2n) is 7.52. The number of fused-ring (bicyclic) bond motifs is 1. The van der Waals surface area contributed by atoms with Gasteiger partial charge in [-0.15, -0.1) is 5.10 Å². The van der Waals surface area contributed by atoms with Gasteiger partial charge in [0.25, 0.3) is 0 Å². The van der Waals surface area contributed by atoms with Crippen LogP contribution >= 0.6 is 0 Å².